The zero-order valence-electron chi connectivity index (χ0n) is 17.5. The molecule has 2 aromatic heterocycles. The first-order chi connectivity index (χ1) is 13.8. The Morgan fingerprint density at radius 1 is 1.34 bits per heavy atom. The van der Waals surface area contributed by atoms with E-state index in [2.05, 4.69) is 27.4 Å². The highest BCUT2D eigenvalue weighted by molar-refractivity contribution is 7.09. The number of piperidine rings is 1. The molecule has 1 amide bonds. The first-order valence-electron chi connectivity index (χ1n) is 10.5. The quantitative estimate of drug-likeness (QED) is 0.838. The molecule has 6 nitrogen and oxygen atoms in total. The number of nitrogens with zero attached hydrogens (tertiary/aromatic N) is 3. The maximum absolute atomic E-state index is 12.8. The molecule has 2 aliphatic rings. The summed E-state index contributed by atoms with van der Waals surface area (Å²) in [6, 6.07) is 4.20. The first kappa shape index (κ1) is 20.3. The Bertz CT molecular complexity index is 929. The van der Waals surface area contributed by atoms with E-state index in [1.54, 1.807) is 11.3 Å². The van der Waals surface area contributed by atoms with Crippen molar-refractivity contribution in [3.05, 3.63) is 49.8 Å². The van der Waals surface area contributed by atoms with E-state index in [-0.39, 0.29) is 22.8 Å². The molecule has 0 radical (unpaired) electrons. The minimum atomic E-state index is -0.384. The molecule has 7 heteroatoms. The number of aromatic nitrogens is 2. The molecule has 156 valence electrons. The molecule has 0 saturated carbocycles. The number of carbonyl (C=O) groups excluding carboxylic acids is 1. The Labute approximate surface area is 176 Å². The average Bonchev–Trinajstić information content (AvgIpc) is 3.20. The predicted octanol–water partition coefficient (Wildman–Crippen LogP) is 3.14. The van der Waals surface area contributed by atoms with E-state index in [1.807, 2.05) is 25.7 Å². The van der Waals surface area contributed by atoms with Gasteiger partial charge in [-0.1, -0.05) is 26.8 Å². The van der Waals surface area contributed by atoms with Crippen LogP contribution < -0.4 is 5.56 Å². The molecule has 0 spiro atoms. The fourth-order valence-corrected chi connectivity index (χ4v) is 5.06. The van der Waals surface area contributed by atoms with E-state index in [4.69, 9.17) is 4.98 Å². The second-order valence-electron chi connectivity index (χ2n) is 9.26. The Morgan fingerprint density at radius 2 is 2.17 bits per heavy atom. The number of carbonyl (C=O) groups is 1. The monoisotopic (exact) mass is 414 g/mol. The van der Waals surface area contributed by atoms with E-state index in [0.717, 1.165) is 56.0 Å². The molecule has 1 N–H and O–H groups in total. The number of hydrogen-bond donors (Lipinski definition) is 1. The van der Waals surface area contributed by atoms with Crippen LogP contribution in [0.15, 0.2) is 22.3 Å². The van der Waals surface area contributed by atoms with Crippen LogP contribution in [0.25, 0.3) is 0 Å². The lowest BCUT2D eigenvalue weighted by Crippen LogP contribution is -2.45. The van der Waals surface area contributed by atoms with Crippen LogP contribution in [0, 0.1) is 5.41 Å². The zero-order valence-corrected chi connectivity index (χ0v) is 18.3. The van der Waals surface area contributed by atoms with Crippen LogP contribution in [-0.4, -0.2) is 45.3 Å². The van der Waals surface area contributed by atoms with E-state index in [9.17, 15) is 9.59 Å². The third kappa shape index (κ3) is 4.46. The summed E-state index contributed by atoms with van der Waals surface area (Å²) in [5.41, 5.74) is 1.34. The van der Waals surface area contributed by atoms with Crippen LogP contribution in [0.5, 0.6) is 0 Å². The van der Waals surface area contributed by atoms with Gasteiger partial charge in [0.1, 0.15) is 5.82 Å². The number of amides is 1. The highest BCUT2D eigenvalue weighted by atomic mass is 32.1. The Kier molecular flexibility index (Phi) is 5.62. The third-order valence-electron chi connectivity index (χ3n) is 5.86. The molecule has 0 bridgehead atoms. The number of nitrogens with one attached hydrogen (secondary N) is 1. The Morgan fingerprint density at radius 3 is 2.90 bits per heavy atom. The van der Waals surface area contributed by atoms with Crippen molar-refractivity contribution in [2.45, 2.75) is 59.0 Å². The minimum Gasteiger partial charge on any atom is -0.342 e. The van der Waals surface area contributed by atoms with Gasteiger partial charge in [-0.25, -0.2) is 4.98 Å². The summed E-state index contributed by atoms with van der Waals surface area (Å²) >= 11 is 1.75. The number of thiophene rings is 1. The number of hydrogen-bond acceptors (Lipinski definition) is 5. The fourth-order valence-electron chi connectivity index (χ4n) is 4.31. The average molecular weight is 415 g/mol. The highest BCUT2D eigenvalue weighted by Crippen LogP contribution is 2.28. The molecule has 4 heterocycles. The van der Waals surface area contributed by atoms with Gasteiger partial charge in [-0.05, 0) is 24.3 Å². The lowest BCUT2D eigenvalue weighted by molar-refractivity contribution is -0.140. The lowest BCUT2D eigenvalue weighted by atomic mass is 9.90. The number of fused-ring (bicyclic) bond motifs is 1. The normalized spacial score (nSPS) is 20.5. The molecule has 2 aliphatic heterocycles. The van der Waals surface area contributed by atoms with Crippen LogP contribution in [0.1, 0.15) is 61.5 Å². The van der Waals surface area contributed by atoms with Gasteiger partial charge in [0.25, 0.3) is 5.56 Å². The summed E-state index contributed by atoms with van der Waals surface area (Å²) in [5.74, 6) is 1.04. The first-order valence-corrected chi connectivity index (χ1v) is 11.4. The molecular weight excluding hydrogens is 384 g/mol. The summed E-state index contributed by atoms with van der Waals surface area (Å²) in [6.45, 7) is 9.75. The van der Waals surface area contributed by atoms with Crippen molar-refractivity contribution in [3.8, 4) is 0 Å². The van der Waals surface area contributed by atoms with Gasteiger partial charge in [-0.2, -0.15) is 0 Å². The van der Waals surface area contributed by atoms with Crippen molar-refractivity contribution < 1.29 is 4.79 Å². The van der Waals surface area contributed by atoms with Crippen molar-refractivity contribution in [2.24, 2.45) is 5.41 Å². The molecule has 29 heavy (non-hydrogen) atoms. The molecule has 1 saturated heterocycles. The van der Waals surface area contributed by atoms with E-state index >= 15 is 0 Å². The molecule has 0 aliphatic carbocycles. The fraction of sp³-hybridized carbons (Fsp3) is 0.591. The Hall–Kier alpha value is -1.99. The van der Waals surface area contributed by atoms with E-state index in [0.29, 0.717) is 13.1 Å². The molecule has 1 atom stereocenters. The summed E-state index contributed by atoms with van der Waals surface area (Å²) in [5, 5.41) is 2.09. The minimum absolute atomic E-state index is 0.0137. The van der Waals surface area contributed by atoms with Gasteiger partial charge in [0, 0.05) is 55.4 Å². The molecule has 0 unspecified atom stereocenters. The van der Waals surface area contributed by atoms with Gasteiger partial charge < -0.3 is 9.88 Å². The standard InChI is InChI=1S/C22H30N4O2S/c1-22(2,3)21(28)26-9-4-6-15(12-26)19-23-18-8-10-25(13-16-7-5-11-29-16)14-17(18)20(27)24-19/h5,7,11,15H,4,6,8-10,12-14H2,1-3H3,(H,23,24,27)/t15-/m0/s1. The molecule has 4 rings (SSSR count). The molecular formula is C22H30N4O2S. The second kappa shape index (κ2) is 8.03. The van der Waals surface area contributed by atoms with Crippen molar-refractivity contribution in [1.29, 1.82) is 0 Å². The number of rotatable bonds is 3. The van der Waals surface area contributed by atoms with Crippen molar-refractivity contribution >= 4 is 17.2 Å². The van der Waals surface area contributed by atoms with Crippen molar-refractivity contribution in [1.82, 2.24) is 19.8 Å². The van der Waals surface area contributed by atoms with Crippen LogP contribution >= 0.6 is 11.3 Å². The Balaban J connectivity index is 1.50. The number of likely N-dealkylation sites (tertiary alicyclic amines) is 1. The van der Waals surface area contributed by atoms with Gasteiger partial charge in [0.15, 0.2) is 0 Å². The molecule has 0 aromatic carbocycles. The van der Waals surface area contributed by atoms with Gasteiger partial charge in [-0.3, -0.25) is 14.5 Å². The van der Waals surface area contributed by atoms with Gasteiger partial charge >= 0.3 is 0 Å². The second-order valence-corrected chi connectivity index (χ2v) is 10.3. The lowest BCUT2D eigenvalue weighted by Gasteiger charge is -2.36. The summed E-state index contributed by atoms with van der Waals surface area (Å²) in [6.07, 6.45) is 2.71. The van der Waals surface area contributed by atoms with Crippen LogP contribution in [-0.2, 0) is 24.3 Å². The van der Waals surface area contributed by atoms with Crippen molar-refractivity contribution in [3.63, 3.8) is 0 Å². The zero-order chi connectivity index (χ0) is 20.6. The SMILES string of the molecule is CC(C)(C)C(=O)N1CCC[C@H](c2nc3c(c(=O)[nH]2)CN(Cc2cccs2)CC3)C1. The van der Waals surface area contributed by atoms with Crippen LogP contribution in [0.3, 0.4) is 0 Å². The summed E-state index contributed by atoms with van der Waals surface area (Å²) in [4.78, 5) is 39.0. The topological polar surface area (TPSA) is 69.3 Å². The molecule has 1 fully saturated rings. The maximum atomic E-state index is 12.8. The van der Waals surface area contributed by atoms with Crippen LogP contribution in [0.2, 0.25) is 0 Å². The predicted molar refractivity (Wildman–Crippen MR) is 115 cm³/mol. The maximum Gasteiger partial charge on any atom is 0.255 e. The van der Waals surface area contributed by atoms with Crippen LogP contribution in [0.4, 0.5) is 0 Å². The van der Waals surface area contributed by atoms with Gasteiger partial charge in [-0.15, -0.1) is 11.3 Å². The summed E-state index contributed by atoms with van der Waals surface area (Å²) < 4.78 is 0. The highest BCUT2D eigenvalue weighted by Gasteiger charge is 2.33. The van der Waals surface area contributed by atoms with Gasteiger partial charge in [0.05, 0.1) is 11.3 Å². The number of H-pyrrole nitrogens is 1. The smallest absolute Gasteiger partial charge is 0.255 e. The summed E-state index contributed by atoms with van der Waals surface area (Å²) in [7, 11) is 0. The third-order valence-corrected chi connectivity index (χ3v) is 6.72. The molecule has 2 aromatic rings. The number of aromatic amines is 1. The largest absolute Gasteiger partial charge is 0.342 e. The van der Waals surface area contributed by atoms with E-state index in [1.165, 1.54) is 4.88 Å². The van der Waals surface area contributed by atoms with Crippen molar-refractivity contribution in [2.75, 3.05) is 19.6 Å². The van der Waals surface area contributed by atoms with Gasteiger partial charge in [0.2, 0.25) is 5.91 Å². The van der Waals surface area contributed by atoms with E-state index < -0.39 is 0 Å².